The average Bonchev–Trinajstić information content (AvgIpc) is 3.34. The van der Waals surface area contributed by atoms with Crippen LogP contribution >= 0.6 is 22.9 Å². The van der Waals surface area contributed by atoms with Gasteiger partial charge in [-0.25, -0.2) is 0 Å². The maximum Gasteiger partial charge on any atom is 0.230 e. The number of fused-ring (bicyclic) bond motifs is 1. The topological polar surface area (TPSA) is 96.1 Å². The number of amides is 2. The van der Waals surface area contributed by atoms with Gasteiger partial charge in [-0.3, -0.25) is 14.7 Å². The largest absolute Gasteiger partial charge is 0.496 e. The number of rotatable bonds is 8. The van der Waals surface area contributed by atoms with Gasteiger partial charge >= 0.3 is 0 Å². The molecule has 0 saturated carbocycles. The third-order valence-electron chi connectivity index (χ3n) is 4.85. The van der Waals surface area contributed by atoms with Crippen LogP contribution in [0.5, 0.6) is 5.75 Å². The van der Waals surface area contributed by atoms with Crippen LogP contribution in [-0.4, -0.2) is 29.1 Å². The van der Waals surface area contributed by atoms with Crippen molar-refractivity contribution in [2.45, 2.75) is 19.4 Å². The molecule has 7 nitrogen and oxygen atoms in total. The lowest BCUT2D eigenvalue weighted by molar-refractivity contribution is -0.120. The summed E-state index contributed by atoms with van der Waals surface area (Å²) in [4.78, 5) is 26.5. The van der Waals surface area contributed by atoms with Gasteiger partial charge in [0.2, 0.25) is 11.8 Å². The van der Waals surface area contributed by atoms with Crippen molar-refractivity contribution in [2.75, 3.05) is 12.4 Å². The number of carbonyl (C=O) groups excluding carboxylic acids is 2. The second-order valence-corrected chi connectivity index (χ2v) is 8.70. The Morgan fingerprint density at radius 3 is 2.66 bits per heavy atom. The molecule has 0 atom stereocenters. The van der Waals surface area contributed by atoms with E-state index in [1.165, 1.54) is 11.3 Å². The third kappa shape index (κ3) is 5.27. The molecule has 2 aromatic carbocycles. The molecule has 2 amide bonds. The molecule has 0 spiro atoms. The van der Waals surface area contributed by atoms with Gasteiger partial charge < -0.3 is 15.4 Å². The zero-order chi connectivity index (χ0) is 22.5. The number of nitrogens with one attached hydrogen (secondary N) is 3. The van der Waals surface area contributed by atoms with E-state index in [-0.39, 0.29) is 24.7 Å². The van der Waals surface area contributed by atoms with E-state index in [4.69, 9.17) is 16.3 Å². The Morgan fingerprint density at radius 2 is 1.88 bits per heavy atom. The van der Waals surface area contributed by atoms with Gasteiger partial charge in [0.25, 0.3) is 0 Å². The first-order valence-corrected chi connectivity index (χ1v) is 11.1. The summed E-state index contributed by atoms with van der Waals surface area (Å²) >= 11 is 7.30. The predicted molar refractivity (Wildman–Crippen MR) is 126 cm³/mol. The van der Waals surface area contributed by atoms with Crippen molar-refractivity contribution in [1.82, 2.24) is 15.5 Å². The molecule has 3 N–H and O–H groups in total. The van der Waals surface area contributed by atoms with E-state index in [2.05, 4.69) is 20.8 Å². The van der Waals surface area contributed by atoms with Crippen LogP contribution in [0.1, 0.15) is 16.0 Å². The molecule has 0 aliphatic rings. The Bertz CT molecular complexity index is 1250. The number of hydrogen-bond acceptors (Lipinski definition) is 5. The van der Waals surface area contributed by atoms with Crippen molar-refractivity contribution >= 4 is 50.8 Å². The van der Waals surface area contributed by atoms with E-state index < -0.39 is 0 Å². The van der Waals surface area contributed by atoms with Crippen LogP contribution < -0.4 is 15.4 Å². The SMILES string of the molecule is COc1ccccc1CC(=O)Nc1[nH]nc2sc(CC(=O)NCc3ccc(Cl)cc3)cc12. The standard InChI is InChI=1S/C23H21ClN4O3S/c1-31-19-5-3-2-4-15(19)10-21(30)26-22-18-11-17(32-23(18)28-27-22)12-20(29)25-13-14-6-8-16(24)9-7-14/h2-9,11H,10,12-13H2,1H3,(H,25,29)(H2,26,27,28,30). The monoisotopic (exact) mass is 468 g/mol. The minimum Gasteiger partial charge on any atom is -0.496 e. The van der Waals surface area contributed by atoms with Gasteiger partial charge in [0, 0.05) is 22.0 Å². The van der Waals surface area contributed by atoms with Crippen molar-refractivity contribution < 1.29 is 14.3 Å². The number of methoxy groups -OCH3 is 1. The van der Waals surface area contributed by atoms with E-state index in [1.54, 1.807) is 19.2 Å². The number of thiophene rings is 1. The van der Waals surface area contributed by atoms with Crippen LogP contribution in [0, 0.1) is 0 Å². The van der Waals surface area contributed by atoms with Gasteiger partial charge in [-0.2, -0.15) is 5.10 Å². The first-order chi connectivity index (χ1) is 15.5. The molecule has 32 heavy (non-hydrogen) atoms. The molecule has 9 heteroatoms. The number of benzene rings is 2. The van der Waals surface area contributed by atoms with Gasteiger partial charge in [-0.1, -0.05) is 41.9 Å². The van der Waals surface area contributed by atoms with E-state index in [0.717, 1.165) is 26.2 Å². The predicted octanol–water partition coefficient (Wildman–Crippen LogP) is 4.33. The number of anilines is 1. The summed E-state index contributed by atoms with van der Waals surface area (Å²) in [6.07, 6.45) is 0.415. The second-order valence-electron chi connectivity index (χ2n) is 7.15. The van der Waals surface area contributed by atoms with Crippen LogP contribution in [0.2, 0.25) is 5.02 Å². The van der Waals surface area contributed by atoms with E-state index >= 15 is 0 Å². The number of hydrogen-bond donors (Lipinski definition) is 3. The van der Waals surface area contributed by atoms with E-state index in [0.29, 0.717) is 23.1 Å². The molecule has 2 aromatic heterocycles. The maximum absolute atomic E-state index is 12.5. The minimum absolute atomic E-state index is 0.0883. The number of halogens is 1. The quantitative estimate of drug-likeness (QED) is 0.358. The number of nitrogens with zero attached hydrogens (tertiary/aromatic N) is 1. The van der Waals surface area contributed by atoms with Crippen LogP contribution in [0.3, 0.4) is 0 Å². The van der Waals surface area contributed by atoms with Crippen LogP contribution in [0.4, 0.5) is 5.82 Å². The molecule has 0 bridgehead atoms. The third-order valence-corrected chi connectivity index (χ3v) is 6.13. The van der Waals surface area contributed by atoms with Crippen LogP contribution in [0.25, 0.3) is 10.2 Å². The van der Waals surface area contributed by atoms with Gasteiger partial charge in [0.1, 0.15) is 16.4 Å². The number of carbonyl (C=O) groups is 2. The average molecular weight is 469 g/mol. The molecule has 0 fully saturated rings. The molecule has 0 saturated heterocycles. The Labute approximate surface area is 193 Å². The molecule has 0 unspecified atom stereocenters. The maximum atomic E-state index is 12.5. The number of para-hydroxylation sites is 1. The van der Waals surface area contributed by atoms with Crippen molar-refractivity contribution in [1.29, 1.82) is 0 Å². The van der Waals surface area contributed by atoms with Crippen LogP contribution in [-0.2, 0) is 29.0 Å². The normalized spacial score (nSPS) is 10.8. The van der Waals surface area contributed by atoms with Crippen molar-refractivity contribution in [3.05, 3.63) is 75.6 Å². The second kappa shape index (κ2) is 9.84. The number of ether oxygens (including phenoxy) is 1. The highest BCUT2D eigenvalue weighted by molar-refractivity contribution is 7.18. The molecule has 164 valence electrons. The van der Waals surface area contributed by atoms with E-state index in [9.17, 15) is 9.59 Å². The number of H-pyrrole nitrogens is 1. The van der Waals surface area contributed by atoms with Gasteiger partial charge in [-0.05, 0) is 29.8 Å². The highest BCUT2D eigenvalue weighted by Gasteiger charge is 2.15. The fourth-order valence-electron chi connectivity index (χ4n) is 3.27. The number of aromatic amines is 1. The Morgan fingerprint density at radius 1 is 1.09 bits per heavy atom. The lowest BCUT2D eigenvalue weighted by Gasteiger charge is -2.08. The van der Waals surface area contributed by atoms with Gasteiger partial charge in [-0.15, -0.1) is 11.3 Å². The summed E-state index contributed by atoms with van der Waals surface area (Å²) in [6.45, 7) is 0.434. The summed E-state index contributed by atoms with van der Waals surface area (Å²) in [5.41, 5.74) is 1.77. The molecule has 4 rings (SSSR count). The molecular formula is C23H21ClN4O3S. The lowest BCUT2D eigenvalue weighted by Crippen LogP contribution is -2.24. The van der Waals surface area contributed by atoms with Crippen molar-refractivity contribution in [2.24, 2.45) is 0 Å². The lowest BCUT2D eigenvalue weighted by atomic mass is 10.1. The molecule has 0 radical (unpaired) electrons. The minimum atomic E-state index is -0.187. The molecule has 2 heterocycles. The Balaban J connectivity index is 1.37. The fourth-order valence-corrected chi connectivity index (χ4v) is 4.39. The molecule has 0 aliphatic heterocycles. The zero-order valence-electron chi connectivity index (χ0n) is 17.3. The van der Waals surface area contributed by atoms with Crippen molar-refractivity contribution in [3.63, 3.8) is 0 Å². The zero-order valence-corrected chi connectivity index (χ0v) is 18.8. The fraction of sp³-hybridized carbons (Fsp3) is 0.174. The molecule has 0 aliphatic carbocycles. The summed E-state index contributed by atoms with van der Waals surface area (Å²) in [5, 5.41) is 14.3. The molecular weight excluding hydrogens is 448 g/mol. The molecule has 4 aromatic rings. The highest BCUT2D eigenvalue weighted by atomic mass is 35.5. The Kier molecular flexibility index (Phi) is 6.72. The summed E-state index contributed by atoms with van der Waals surface area (Å²) in [5.74, 6) is 0.909. The number of aromatic nitrogens is 2. The van der Waals surface area contributed by atoms with E-state index in [1.807, 2.05) is 42.5 Å². The first-order valence-electron chi connectivity index (χ1n) is 9.91. The van der Waals surface area contributed by atoms with Gasteiger partial charge in [0.05, 0.1) is 25.3 Å². The first kappa shape index (κ1) is 21.9. The summed E-state index contributed by atoms with van der Waals surface area (Å²) < 4.78 is 5.30. The smallest absolute Gasteiger partial charge is 0.230 e. The van der Waals surface area contributed by atoms with Gasteiger partial charge in [0.15, 0.2) is 0 Å². The highest BCUT2D eigenvalue weighted by Crippen LogP contribution is 2.30. The van der Waals surface area contributed by atoms with Crippen molar-refractivity contribution in [3.8, 4) is 5.75 Å². The Hall–Kier alpha value is -3.36. The summed E-state index contributed by atoms with van der Waals surface area (Å²) in [7, 11) is 1.58. The van der Waals surface area contributed by atoms with Crippen LogP contribution in [0.15, 0.2) is 54.6 Å². The summed E-state index contributed by atoms with van der Waals surface area (Å²) in [6, 6.07) is 16.6.